The highest BCUT2D eigenvalue weighted by Gasteiger charge is 2.21. The third-order valence-electron chi connectivity index (χ3n) is 3.02. The van der Waals surface area contributed by atoms with Crippen LogP contribution in [0.1, 0.15) is 25.3 Å². The number of halogens is 2. The van der Waals surface area contributed by atoms with Gasteiger partial charge < -0.3 is 10.1 Å². The van der Waals surface area contributed by atoms with Crippen molar-refractivity contribution in [3.05, 3.63) is 35.4 Å². The van der Waals surface area contributed by atoms with Crippen LogP contribution in [-0.2, 0) is 11.3 Å². The number of hydrogen-bond donors (Lipinski definition) is 1. The predicted molar refractivity (Wildman–Crippen MR) is 61.6 cm³/mol. The van der Waals surface area contributed by atoms with Gasteiger partial charge in [-0.2, -0.15) is 0 Å². The van der Waals surface area contributed by atoms with Crippen molar-refractivity contribution in [3.8, 4) is 0 Å². The molecular formula is C13H17F2NO. The van der Waals surface area contributed by atoms with E-state index in [1.54, 1.807) is 0 Å². The highest BCUT2D eigenvalue weighted by Crippen LogP contribution is 2.18. The van der Waals surface area contributed by atoms with Gasteiger partial charge in [-0.1, -0.05) is 0 Å². The molecule has 0 bridgehead atoms. The number of hydrogen-bond acceptors (Lipinski definition) is 2. The lowest BCUT2D eigenvalue weighted by Crippen LogP contribution is -2.26. The summed E-state index contributed by atoms with van der Waals surface area (Å²) in [5.41, 5.74) is 0.357. The van der Waals surface area contributed by atoms with Gasteiger partial charge in [0.15, 0.2) is 0 Å². The van der Waals surface area contributed by atoms with E-state index in [1.165, 1.54) is 6.07 Å². The molecule has 1 aromatic rings. The molecule has 0 aromatic heterocycles. The normalized spacial score (nSPS) is 24.2. The largest absolute Gasteiger partial charge is 0.374 e. The monoisotopic (exact) mass is 241 g/mol. The molecule has 17 heavy (non-hydrogen) atoms. The number of benzene rings is 1. The van der Waals surface area contributed by atoms with Crippen molar-refractivity contribution < 1.29 is 13.5 Å². The van der Waals surface area contributed by atoms with Crippen molar-refractivity contribution in [2.24, 2.45) is 0 Å². The molecule has 94 valence electrons. The number of ether oxygens (including phenoxy) is 1. The fourth-order valence-electron chi connectivity index (χ4n) is 2.08. The van der Waals surface area contributed by atoms with Crippen LogP contribution >= 0.6 is 0 Å². The van der Waals surface area contributed by atoms with Gasteiger partial charge in [-0.3, -0.25) is 0 Å². The zero-order valence-electron chi connectivity index (χ0n) is 9.88. The summed E-state index contributed by atoms with van der Waals surface area (Å²) >= 11 is 0. The Hall–Kier alpha value is -1.00. The minimum Gasteiger partial charge on any atom is -0.374 e. The third-order valence-corrected chi connectivity index (χ3v) is 3.02. The fourth-order valence-corrected chi connectivity index (χ4v) is 2.08. The molecule has 1 aliphatic heterocycles. The summed E-state index contributed by atoms with van der Waals surface area (Å²) in [4.78, 5) is 0. The van der Waals surface area contributed by atoms with Crippen LogP contribution in [0.2, 0.25) is 0 Å². The first-order valence-corrected chi connectivity index (χ1v) is 5.95. The van der Waals surface area contributed by atoms with Crippen LogP contribution in [0.4, 0.5) is 8.78 Å². The Morgan fingerprint density at radius 2 is 2.18 bits per heavy atom. The Bertz CT molecular complexity index is 384. The van der Waals surface area contributed by atoms with E-state index in [2.05, 4.69) is 5.32 Å². The van der Waals surface area contributed by atoms with E-state index in [1.807, 2.05) is 6.92 Å². The van der Waals surface area contributed by atoms with Gasteiger partial charge in [-0.05, 0) is 38.0 Å². The first-order chi connectivity index (χ1) is 8.15. The second-order valence-electron chi connectivity index (χ2n) is 4.51. The van der Waals surface area contributed by atoms with E-state index in [0.29, 0.717) is 24.8 Å². The molecule has 0 amide bonds. The summed E-state index contributed by atoms with van der Waals surface area (Å²) < 4.78 is 31.8. The van der Waals surface area contributed by atoms with Crippen LogP contribution < -0.4 is 5.32 Å². The molecule has 2 unspecified atom stereocenters. The molecular weight excluding hydrogens is 224 g/mol. The Balaban J connectivity index is 1.80. The zero-order valence-corrected chi connectivity index (χ0v) is 9.88. The molecule has 2 atom stereocenters. The molecule has 2 rings (SSSR count). The number of nitrogens with one attached hydrogen (secondary N) is 1. The van der Waals surface area contributed by atoms with E-state index in [0.717, 1.165) is 25.0 Å². The van der Waals surface area contributed by atoms with E-state index in [4.69, 9.17) is 4.74 Å². The predicted octanol–water partition coefficient (Wildman–Crippen LogP) is 2.62. The minimum atomic E-state index is -0.408. The maximum Gasteiger partial charge on any atom is 0.127 e. The summed E-state index contributed by atoms with van der Waals surface area (Å²) in [6.45, 7) is 3.06. The quantitative estimate of drug-likeness (QED) is 0.875. The molecule has 0 spiro atoms. The molecule has 1 aliphatic rings. The first-order valence-electron chi connectivity index (χ1n) is 5.95. The maximum atomic E-state index is 13.3. The fraction of sp³-hybridized carbons (Fsp3) is 0.538. The standard InChI is InChI=1S/C13H17F2NO/c1-9-2-4-12(17-9)8-16-7-10-6-11(14)3-5-13(10)15/h3,5-6,9,12,16H,2,4,7-8H2,1H3. The van der Waals surface area contributed by atoms with E-state index in [9.17, 15) is 8.78 Å². The molecule has 1 aromatic carbocycles. The second-order valence-corrected chi connectivity index (χ2v) is 4.51. The second kappa shape index (κ2) is 5.56. The van der Waals surface area contributed by atoms with Gasteiger partial charge >= 0.3 is 0 Å². The summed E-state index contributed by atoms with van der Waals surface area (Å²) in [6.07, 6.45) is 2.61. The smallest absolute Gasteiger partial charge is 0.127 e. The Kier molecular flexibility index (Phi) is 4.07. The average molecular weight is 241 g/mol. The molecule has 1 heterocycles. The molecule has 4 heteroatoms. The van der Waals surface area contributed by atoms with Crippen LogP contribution in [0.3, 0.4) is 0 Å². The summed E-state index contributed by atoms with van der Waals surface area (Å²) in [6, 6.07) is 3.50. The molecule has 0 saturated carbocycles. The van der Waals surface area contributed by atoms with Gasteiger partial charge in [0.25, 0.3) is 0 Å². The van der Waals surface area contributed by atoms with Gasteiger partial charge in [0.1, 0.15) is 11.6 Å². The molecule has 1 N–H and O–H groups in total. The van der Waals surface area contributed by atoms with Crippen LogP contribution in [0.5, 0.6) is 0 Å². The van der Waals surface area contributed by atoms with Crippen LogP contribution in [0, 0.1) is 11.6 Å². The number of rotatable bonds is 4. The molecule has 1 fully saturated rings. The van der Waals surface area contributed by atoms with Crippen molar-refractivity contribution in [1.82, 2.24) is 5.32 Å². The SMILES string of the molecule is CC1CCC(CNCc2cc(F)ccc2F)O1. The zero-order chi connectivity index (χ0) is 12.3. The van der Waals surface area contributed by atoms with Crippen molar-refractivity contribution in [3.63, 3.8) is 0 Å². The highest BCUT2D eigenvalue weighted by molar-refractivity contribution is 5.18. The highest BCUT2D eigenvalue weighted by atomic mass is 19.1. The summed E-state index contributed by atoms with van der Waals surface area (Å²) in [5, 5.41) is 3.10. The van der Waals surface area contributed by atoms with Gasteiger partial charge in [-0.25, -0.2) is 8.78 Å². The lowest BCUT2D eigenvalue weighted by molar-refractivity contribution is 0.0558. The maximum absolute atomic E-state index is 13.3. The van der Waals surface area contributed by atoms with E-state index >= 15 is 0 Å². The first kappa shape index (κ1) is 12.5. The molecule has 0 aliphatic carbocycles. The van der Waals surface area contributed by atoms with Crippen molar-refractivity contribution in [2.75, 3.05) is 6.54 Å². The van der Waals surface area contributed by atoms with Crippen LogP contribution in [-0.4, -0.2) is 18.8 Å². The van der Waals surface area contributed by atoms with Gasteiger partial charge in [-0.15, -0.1) is 0 Å². The summed E-state index contributed by atoms with van der Waals surface area (Å²) in [7, 11) is 0. The minimum absolute atomic E-state index is 0.196. The Morgan fingerprint density at radius 1 is 1.35 bits per heavy atom. The summed E-state index contributed by atoms with van der Waals surface area (Å²) in [5.74, 6) is -0.784. The van der Waals surface area contributed by atoms with E-state index in [-0.39, 0.29) is 11.9 Å². The lowest BCUT2D eigenvalue weighted by atomic mass is 10.2. The molecule has 1 saturated heterocycles. The van der Waals surface area contributed by atoms with E-state index < -0.39 is 5.82 Å². The van der Waals surface area contributed by atoms with Crippen LogP contribution in [0.25, 0.3) is 0 Å². The van der Waals surface area contributed by atoms with Gasteiger partial charge in [0, 0.05) is 18.7 Å². The van der Waals surface area contributed by atoms with Gasteiger partial charge in [0.05, 0.1) is 12.2 Å². The average Bonchev–Trinajstić information content (AvgIpc) is 2.69. The van der Waals surface area contributed by atoms with Crippen molar-refractivity contribution in [1.29, 1.82) is 0 Å². The van der Waals surface area contributed by atoms with Crippen LogP contribution in [0.15, 0.2) is 18.2 Å². The van der Waals surface area contributed by atoms with Crippen molar-refractivity contribution >= 4 is 0 Å². The molecule has 2 nitrogen and oxygen atoms in total. The molecule has 0 radical (unpaired) electrons. The topological polar surface area (TPSA) is 21.3 Å². The van der Waals surface area contributed by atoms with Crippen molar-refractivity contribution in [2.45, 2.75) is 38.5 Å². The lowest BCUT2D eigenvalue weighted by Gasteiger charge is -2.12. The Labute approximate surface area is 100.0 Å². The third kappa shape index (κ3) is 3.48. The van der Waals surface area contributed by atoms with Gasteiger partial charge in [0.2, 0.25) is 0 Å². The Morgan fingerprint density at radius 3 is 2.88 bits per heavy atom.